The lowest BCUT2D eigenvalue weighted by atomic mass is 9.79. The molecule has 0 spiro atoms. The van der Waals surface area contributed by atoms with Crippen LogP contribution in [0.2, 0.25) is 18.1 Å². The molecule has 0 saturated carbocycles. The zero-order valence-corrected chi connectivity index (χ0v) is 17.8. The van der Waals surface area contributed by atoms with Crippen LogP contribution in [0.4, 0.5) is 0 Å². The fourth-order valence-corrected chi connectivity index (χ4v) is 4.45. The topological polar surface area (TPSA) is 103 Å². The second kappa shape index (κ2) is 6.66. The second-order valence-corrected chi connectivity index (χ2v) is 14.0. The molecule has 4 rings (SSSR count). The van der Waals surface area contributed by atoms with E-state index in [1.165, 1.54) is 16.8 Å². The first kappa shape index (κ1) is 20.5. The van der Waals surface area contributed by atoms with E-state index in [-0.39, 0.29) is 24.2 Å². The number of nitrogens with one attached hydrogen (secondary N) is 1. The van der Waals surface area contributed by atoms with Gasteiger partial charge < -0.3 is 19.0 Å². The summed E-state index contributed by atoms with van der Waals surface area (Å²) in [5.74, 6) is -0.251. The summed E-state index contributed by atoms with van der Waals surface area (Å²) >= 11 is 0. The Morgan fingerprint density at radius 3 is 2.67 bits per heavy atom. The normalized spacial score (nSPS) is 34.0. The van der Waals surface area contributed by atoms with Gasteiger partial charge in [-0.05, 0) is 18.1 Å². The van der Waals surface area contributed by atoms with E-state index in [9.17, 15) is 14.7 Å². The minimum absolute atomic E-state index is 0.0161. The van der Waals surface area contributed by atoms with Crippen LogP contribution in [-0.2, 0) is 13.9 Å². The number of aliphatic hydroxyl groups excluding tert-OH is 1. The third-order valence-electron chi connectivity index (χ3n) is 6.32. The molecule has 3 aliphatic rings. The highest BCUT2D eigenvalue weighted by Crippen LogP contribution is 2.46. The summed E-state index contributed by atoms with van der Waals surface area (Å²) in [6.07, 6.45) is -0.587. The molecule has 3 saturated heterocycles. The highest BCUT2D eigenvalue weighted by molar-refractivity contribution is 6.74. The predicted molar refractivity (Wildman–Crippen MR) is 102 cm³/mol. The van der Waals surface area contributed by atoms with Gasteiger partial charge in [0.15, 0.2) is 14.5 Å². The van der Waals surface area contributed by atoms with Crippen molar-refractivity contribution in [1.82, 2.24) is 9.55 Å². The maximum absolute atomic E-state index is 12.2. The van der Waals surface area contributed by atoms with Crippen LogP contribution in [0.1, 0.15) is 33.9 Å². The van der Waals surface area contributed by atoms with Crippen molar-refractivity contribution in [3.05, 3.63) is 33.1 Å². The highest BCUT2D eigenvalue weighted by atomic mass is 28.4. The molecule has 8 nitrogen and oxygen atoms in total. The quantitative estimate of drug-likeness (QED) is 0.740. The average Bonchev–Trinajstić information content (AvgIpc) is 2.56. The molecule has 3 aliphatic heterocycles. The van der Waals surface area contributed by atoms with Crippen molar-refractivity contribution in [2.24, 2.45) is 5.92 Å². The third-order valence-corrected chi connectivity index (χ3v) is 10.8. The average molecular weight is 399 g/mol. The van der Waals surface area contributed by atoms with Crippen molar-refractivity contribution < 1.29 is 19.0 Å². The Balaban J connectivity index is 1.90. The zero-order valence-electron chi connectivity index (χ0n) is 16.8. The summed E-state index contributed by atoms with van der Waals surface area (Å²) in [5, 5.41) is 10.9. The first-order valence-corrected chi connectivity index (χ1v) is 12.2. The van der Waals surface area contributed by atoms with Crippen LogP contribution in [0.3, 0.4) is 0 Å². The van der Waals surface area contributed by atoms with Gasteiger partial charge in [-0.2, -0.15) is 0 Å². The Hall–Kier alpha value is -1.26. The largest absolute Gasteiger partial charge is 0.414 e. The Labute approximate surface area is 159 Å². The molecule has 9 heteroatoms. The molecule has 27 heavy (non-hydrogen) atoms. The molecular formula is C18H30N2O6Si. The minimum Gasteiger partial charge on any atom is -0.414 e. The molecule has 0 amide bonds. The molecular weight excluding hydrogens is 368 g/mol. The lowest BCUT2D eigenvalue weighted by molar-refractivity contribution is -0.354. The van der Waals surface area contributed by atoms with Crippen LogP contribution in [-0.4, -0.2) is 54.0 Å². The smallest absolute Gasteiger partial charge is 0.330 e. The van der Waals surface area contributed by atoms with Crippen molar-refractivity contribution >= 4 is 8.32 Å². The molecule has 152 valence electrons. The van der Waals surface area contributed by atoms with Gasteiger partial charge >= 0.3 is 5.69 Å². The number of aromatic amines is 1. The predicted octanol–water partition coefficient (Wildman–Crippen LogP) is 1.22. The maximum atomic E-state index is 12.2. The number of aromatic nitrogens is 2. The number of H-pyrrole nitrogens is 1. The van der Waals surface area contributed by atoms with E-state index in [2.05, 4.69) is 38.8 Å². The fourth-order valence-electron chi connectivity index (χ4n) is 3.41. The van der Waals surface area contributed by atoms with Gasteiger partial charge in [-0.15, -0.1) is 0 Å². The zero-order chi connectivity index (χ0) is 20.2. The maximum Gasteiger partial charge on any atom is 0.330 e. The van der Waals surface area contributed by atoms with Crippen molar-refractivity contribution in [2.45, 2.75) is 69.9 Å². The van der Waals surface area contributed by atoms with Crippen LogP contribution in [0.5, 0.6) is 0 Å². The third kappa shape index (κ3) is 3.47. The number of hydrogen-bond donors (Lipinski definition) is 2. The number of ether oxygens (including phenoxy) is 2. The van der Waals surface area contributed by atoms with Gasteiger partial charge in [0.2, 0.25) is 0 Å². The van der Waals surface area contributed by atoms with E-state index in [0.717, 1.165) is 0 Å². The van der Waals surface area contributed by atoms with Gasteiger partial charge in [0.1, 0.15) is 11.7 Å². The summed E-state index contributed by atoms with van der Waals surface area (Å²) in [7, 11) is -2.07. The molecule has 2 N–H and O–H groups in total. The summed E-state index contributed by atoms with van der Waals surface area (Å²) in [4.78, 5) is 25.9. The molecule has 3 fully saturated rings. The molecule has 0 aliphatic carbocycles. The van der Waals surface area contributed by atoms with Gasteiger partial charge in [-0.1, -0.05) is 27.7 Å². The Morgan fingerprint density at radius 2 is 2.07 bits per heavy atom. The van der Waals surface area contributed by atoms with E-state index in [1.807, 2.05) is 6.92 Å². The van der Waals surface area contributed by atoms with Crippen LogP contribution in [0.15, 0.2) is 21.9 Å². The fraction of sp³-hybridized carbons (Fsp3) is 0.778. The Morgan fingerprint density at radius 1 is 1.41 bits per heavy atom. The summed E-state index contributed by atoms with van der Waals surface area (Å²) < 4.78 is 19.8. The van der Waals surface area contributed by atoms with Crippen LogP contribution < -0.4 is 11.2 Å². The Bertz CT molecular complexity index is 813. The van der Waals surface area contributed by atoms with Crippen molar-refractivity contribution in [2.75, 3.05) is 13.2 Å². The molecule has 0 aromatic carbocycles. The monoisotopic (exact) mass is 398 g/mol. The summed E-state index contributed by atoms with van der Waals surface area (Å²) in [6, 6.07) is 1.27. The Kier molecular flexibility index (Phi) is 5.05. The molecule has 1 aromatic rings. The molecule has 5 unspecified atom stereocenters. The van der Waals surface area contributed by atoms with Crippen LogP contribution in [0.25, 0.3) is 0 Å². The second-order valence-electron chi connectivity index (χ2n) is 9.22. The van der Waals surface area contributed by atoms with Crippen LogP contribution in [0, 0.1) is 5.92 Å². The highest BCUT2D eigenvalue weighted by Gasteiger charge is 2.59. The van der Waals surface area contributed by atoms with E-state index >= 15 is 0 Å². The lowest BCUT2D eigenvalue weighted by Crippen LogP contribution is -2.70. The molecule has 4 heterocycles. The number of nitrogens with zero attached hydrogens (tertiary/aromatic N) is 1. The molecule has 2 bridgehead atoms. The van der Waals surface area contributed by atoms with Gasteiger partial charge in [0, 0.05) is 18.2 Å². The van der Waals surface area contributed by atoms with Crippen molar-refractivity contribution in [3.8, 4) is 0 Å². The first-order chi connectivity index (χ1) is 12.4. The summed E-state index contributed by atoms with van der Waals surface area (Å²) in [5.41, 5.74) is -2.09. The number of rotatable bonds is 4. The number of hydrogen-bond acceptors (Lipinski definition) is 6. The minimum atomic E-state index is -2.07. The molecule has 5 atom stereocenters. The SMILES string of the molecule is CC1C2OCC(CO[Si](C)(C)C(C)(C)C)(OC2n2ccc(=O)[nH]c2=O)C1O. The van der Waals surface area contributed by atoms with Gasteiger partial charge in [-0.25, -0.2) is 4.79 Å². The lowest BCUT2D eigenvalue weighted by Gasteiger charge is -2.56. The van der Waals surface area contributed by atoms with Gasteiger partial charge in [0.25, 0.3) is 5.56 Å². The van der Waals surface area contributed by atoms with Gasteiger partial charge in [0.05, 0.1) is 19.3 Å². The van der Waals surface area contributed by atoms with Crippen molar-refractivity contribution in [3.63, 3.8) is 0 Å². The van der Waals surface area contributed by atoms with E-state index in [1.54, 1.807) is 0 Å². The molecule has 1 aromatic heterocycles. The van der Waals surface area contributed by atoms with E-state index < -0.39 is 43.6 Å². The van der Waals surface area contributed by atoms with Crippen LogP contribution >= 0.6 is 0 Å². The van der Waals surface area contributed by atoms with Gasteiger partial charge in [-0.3, -0.25) is 14.3 Å². The summed E-state index contributed by atoms with van der Waals surface area (Å²) in [6.45, 7) is 13.0. The van der Waals surface area contributed by atoms with E-state index in [0.29, 0.717) is 0 Å². The first-order valence-electron chi connectivity index (χ1n) is 9.31. The molecule has 0 radical (unpaired) electrons. The van der Waals surface area contributed by atoms with Crippen molar-refractivity contribution in [1.29, 1.82) is 0 Å². The van der Waals surface area contributed by atoms with E-state index in [4.69, 9.17) is 13.9 Å². The number of aliphatic hydroxyl groups is 1. The number of fused-ring (bicyclic) bond motifs is 3. The standard InChI is InChI=1S/C18H30N2O6Si/c1-11-13-15(20-8-7-12(21)19-16(20)23)26-18(9-24-13,14(11)22)10-25-27(5,6)17(2,3)4/h7-8,11,13-15,22H,9-10H2,1-6H3,(H,19,21,23).